The highest BCUT2D eigenvalue weighted by Gasteiger charge is 2.22. The normalized spacial score (nSPS) is 12.0. The van der Waals surface area contributed by atoms with Gasteiger partial charge in [-0.3, -0.25) is 0 Å². The van der Waals surface area contributed by atoms with Crippen LogP contribution in [0.3, 0.4) is 0 Å². The van der Waals surface area contributed by atoms with Gasteiger partial charge in [0.1, 0.15) is 22.3 Å². The van der Waals surface area contributed by atoms with Crippen molar-refractivity contribution in [2.75, 3.05) is 0 Å². The van der Waals surface area contributed by atoms with Gasteiger partial charge in [0.25, 0.3) is 0 Å². The number of furan rings is 2. The van der Waals surface area contributed by atoms with E-state index in [2.05, 4.69) is 155 Å². The molecule has 4 heterocycles. The van der Waals surface area contributed by atoms with Gasteiger partial charge in [0.05, 0.1) is 44.5 Å². The molecule has 0 aliphatic heterocycles. The van der Waals surface area contributed by atoms with E-state index in [-0.39, 0.29) is 0 Å². The molecule has 4 aromatic heterocycles. The second-order valence-corrected chi connectivity index (χ2v) is 15.5. The van der Waals surface area contributed by atoms with Gasteiger partial charge in [0, 0.05) is 43.7 Å². The molecule has 0 saturated carbocycles. The predicted octanol–water partition coefficient (Wildman–Crippen LogP) is 14.9. The molecule has 5 nitrogen and oxygen atoms in total. The summed E-state index contributed by atoms with van der Waals surface area (Å²) in [7, 11) is 0. The maximum Gasteiger partial charge on any atom is 0.145 e. The molecule has 0 aliphatic carbocycles. The number of benzene rings is 9. The summed E-state index contributed by atoms with van der Waals surface area (Å²) in [6.45, 7) is 0. The fourth-order valence-corrected chi connectivity index (χ4v) is 9.72. The Morgan fingerprint density at radius 2 is 0.833 bits per heavy atom. The zero-order valence-electron chi connectivity index (χ0n) is 32.1. The minimum absolute atomic E-state index is 0.657. The van der Waals surface area contributed by atoms with Crippen molar-refractivity contribution in [2.24, 2.45) is 0 Å². The van der Waals surface area contributed by atoms with Gasteiger partial charge >= 0.3 is 0 Å². The number of nitriles is 1. The number of nitrogens with zero attached hydrogens (tertiary/aromatic N) is 3. The Balaban J connectivity index is 1.11. The monoisotopic (exact) mass is 765 g/mol. The summed E-state index contributed by atoms with van der Waals surface area (Å²) in [6, 6.07) is 68.3. The van der Waals surface area contributed by atoms with E-state index in [1.54, 1.807) is 0 Å². The summed E-state index contributed by atoms with van der Waals surface area (Å²) < 4.78 is 18.1. The van der Waals surface area contributed by atoms with Crippen molar-refractivity contribution in [1.29, 1.82) is 5.26 Å². The van der Waals surface area contributed by atoms with Crippen LogP contribution in [0.5, 0.6) is 0 Å². The Hall–Kier alpha value is -8.33. The van der Waals surface area contributed by atoms with Gasteiger partial charge in [0.15, 0.2) is 0 Å². The van der Waals surface area contributed by atoms with E-state index in [0.717, 1.165) is 121 Å². The van der Waals surface area contributed by atoms with E-state index in [1.165, 1.54) is 0 Å². The van der Waals surface area contributed by atoms with E-state index in [0.29, 0.717) is 5.56 Å². The van der Waals surface area contributed by atoms with Crippen LogP contribution in [0.4, 0.5) is 0 Å². The van der Waals surface area contributed by atoms with Gasteiger partial charge in [-0.1, -0.05) is 115 Å². The van der Waals surface area contributed by atoms with Gasteiger partial charge in [-0.15, -0.1) is 0 Å². The summed E-state index contributed by atoms with van der Waals surface area (Å²) >= 11 is 0. The standard InChI is InChI=1S/C55H31N3O2/c56-32-35-11-1-2-12-39(35)34-23-21-33(22-24-34)36-29-37(57-46-17-7-3-15-44(46)52-48(57)27-25-42-40-13-5-9-19-50(40)59-54(42)52)31-38(30-36)58-47-18-8-4-16-45(47)53-49(58)28-26-43-41-14-6-10-20-51(41)60-55(43)53/h1-31H. The molecule has 0 fully saturated rings. The first-order chi connectivity index (χ1) is 29.7. The highest BCUT2D eigenvalue weighted by Crippen LogP contribution is 2.44. The molecule has 9 aromatic carbocycles. The van der Waals surface area contributed by atoms with Crippen molar-refractivity contribution < 1.29 is 8.83 Å². The molecule has 0 unspecified atom stereocenters. The lowest BCUT2D eigenvalue weighted by molar-refractivity contribution is 0.672. The molecule has 0 atom stereocenters. The van der Waals surface area contributed by atoms with Crippen molar-refractivity contribution in [3.63, 3.8) is 0 Å². The zero-order valence-corrected chi connectivity index (χ0v) is 32.1. The molecule has 5 heteroatoms. The predicted molar refractivity (Wildman–Crippen MR) is 245 cm³/mol. The second-order valence-electron chi connectivity index (χ2n) is 15.5. The van der Waals surface area contributed by atoms with Gasteiger partial charge < -0.3 is 18.0 Å². The average Bonchev–Trinajstić information content (AvgIpc) is 4.06. The molecular weight excluding hydrogens is 735 g/mol. The summed E-state index contributed by atoms with van der Waals surface area (Å²) in [5.41, 5.74) is 14.6. The molecule has 0 N–H and O–H groups in total. The first kappa shape index (κ1) is 32.7. The first-order valence-corrected chi connectivity index (χ1v) is 20.1. The lowest BCUT2D eigenvalue weighted by Crippen LogP contribution is -2.00. The molecule has 0 radical (unpaired) electrons. The molecule has 60 heavy (non-hydrogen) atoms. The lowest BCUT2D eigenvalue weighted by atomic mass is 9.97. The largest absolute Gasteiger partial charge is 0.455 e. The van der Waals surface area contributed by atoms with Crippen LogP contribution in [0.15, 0.2) is 197 Å². The molecule has 0 bridgehead atoms. The van der Waals surface area contributed by atoms with Crippen LogP contribution in [-0.4, -0.2) is 9.13 Å². The molecule has 0 spiro atoms. The Morgan fingerprint density at radius 1 is 0.367 bits per heavy atom. The molecular formula is C55H31N3O2. The van der Waals surface area contributed by atoms with Crippen LogP contribution in [0.1, 0.15) is 5.56 Å². The Kier molecular flexibility index (Phi) is 6.73. The summed E-state index contributed by atoms with van der Waals surface area (Å²) in [5, 5.41) is 18.8. The minimum atomic E-state index is 0.657. The third-order valence-electron chi connectivity index (χ3n) is 12.4. The number of aromatic nitrogens is 2. The maximum absolute atomic E-state index is 9.88. The molecule has 0 saturated heterocycles. The van der Waals surface area contributed by atoms with E-state index < -0.39 is 0 Å². The van der Waals surface area contributed by atoms with E-state index >= 15 is 0 Å². The van der Waals surface area contributed by atoms with E-state index in [9.17, 15) is 5.26 Å². The van der Waals surface area contributed by atoms with Crippen LogP contribution in [0, 0.1) is 11.3 Å². The Labute approximate surface area is 342 Å². The molecule has 278 valence electrons. The van der Waals surface area contributed by atoms with Crippen LogP contribution < -0.4 is 0 Å². The molecule has 13 aromatic rings. The van der Waals surface area contributed by atoms with Crippen molar-refractivity contribution in [3.8, 4) is 39.7 Å². The number of hydrogen-bond acceptors (Lipinski definition) is 3. The summed E-state index contributed by atoms with van der Waals surface area (Å²) in [4.78, 5) is 0. The van der Waals surface area contributed by atoms with Gasteiger partial charge in [-0.2, -0.15) is 5.26 Å². The van der Waals surface area contributed by atoms with Gasteiger partial charge in [-0.05, 0) is 95.1 Å². The van der Waals surface area contributed by atoms with E-state index in [1.807, 2.05) is 48.5 Å². The second kappa shape index (κ2) is 12.3. The minimum Gasteiger partial charge on any atom is -0.455 e. The average molecular weight is 766 g/mol. The number of fused-ring (bicyclic) bond motifs is 14. The van der Waals surface area contributed by atoms with Crippen LogP contribution in [0.2, 0.25) is 0 Å². The molecule has 0 amide bonds. The van der Waals surface area contributed by atoms with Gasteiger partial charge in [0.2, 0.25) is 0 Å². The van der Waals surface area contributed by atoms with Gasteiger partial charge in [-0.25, -0.2) is 0 Å². The molecule has 0 aliphatic rings. The zero-order chi connectivity index (χ0) is 39.5. The van der Waals surface area contributed by atoms with Crippen molar-refractivity contribution in [2.45, 2.75) is 0 Å². The van der Waals surface area contributed by atoms with Crippen molar-refractivity contribution in [1.82, 2.24) is 9.13 Å². The maximum atomic E-state index is 9.88. The number of para-hydroxylation sites is 4. The first-order valence-electron chi connectivity index (χ1n) is 20.1. The smallest absolute Gasteiger partial charge is 0.145 e. The quantitative estimate of drug-likeness (QED) is 0.179. The third kappa shape index (κ3) is 4.56. The summed E-state index contributed by atoms with van der Waals surface area (Å²) in [6.07, 6.45) is 0. The number of hydrogen-bond donors (Lipinski definition) is 0. The third-order valence-corrected chi connectivity index (χ3v) is 12.4. The fraction of sp³-hybridized carbons (Fsp3) is 0. The molecule has 13 rings (SSSR count). The van der Waals surface area contributed by atoms with Crippen LogP contribution in [-0.2, 0) is 0 Å². The van der Waals surface area contributed by atoms with Crippen molar-refractivity contribution in [3.05, 3.63) is 194 Å². The fourth-order valence-electron chi connectivity index (χ4n) is 9.72. The number of rotatable bonds is 4. The highest BCUT2D eigenvalue weighted by molar-refractivity contribution is 6.25. The van der Waals surface area contributed by atoms with Crippen LogP contribution in [0.25, 0.3) is 121 Å². The highest BCUT2D eigenvalue weighted by atomic mass is 16.3. The SMILES string of the molecule is N#Cc1ccccc1-c1ccc(-c2cc(-n3c4ccccc4c4c5oc6ccccc6c5ccc43)cc(-n3c4ccccc4c4c5oc6ccccc6c5ccc43)c2)cc1. The Morgan fingerprint density at radius 3 is 1.38 bits per heavy atom. The Bertz CT molecular complexity index is 3760. The lowest BCUT2D eigenvalue weighted by Gasteiger charge is -2.16. The van der Waals surface area contributed by atoms with E-state index in [4.69, 9.17) is 8.83 Å². The topological polar surface area (TPSA) is 59.9 Å². The summed E-state index contributed by atoms with van der Waals surface area (Å²) in [5.74, 6) is 0. The van der Waals surface area contributed by atoms with Crippen LogP contribution >= 0.6 is 0 Å². The van der Waals surface area contributed by atoms with Crippen molar-refractivity contribution >= 4 is 87.5 Å².